The summed E-state index contributed by atoms with van der Waals surface area (Å²) in [6.45, 7) is 12.0. The fourth-order valence-electron chi connectivity index (χ4n) is 3.00. The van der Waals surface area contributed by atoms with Crippen molar-refractivity contribution in [2.75, 3.05) is 19.6 Å². The third kappa shape index (κ3) is 4.06. The van der Waals surface area contributed by atoms with E-state index in [1.807, 2.05) is 12.2 Å². The number of hydrogen-bond acceptors (Lipinski definition) is 2. The molecule has 2 rings (SSSR count). The highest BCUT2D eigenvalue weighted by Crippen LogP contribution is 2.27. The lowest BCUT2D eigenvalue weighted by molar-refractivity contribution is 0.133. The number of nitrogens with zero attached hydrogens (tertiary/aromatic N) is 1. The Morgan fingerprint density at radius 2 is 1.80 bits per heavy atom. The molecule has 0 unspecified atom stereocenters. The van der Waals surface area contributed by atoms with Crippen molar-refractivity contribution in [1.29, 1.82) is 0 Å². The third-order valence-electron chi connectivity index (χ3n) is 4.22. The van der Waals surface area contributed by atoms with Gasteiger partial charge in [-0.3, -0.25) is 4.90 Å². The molecule has 0 aliphatic carbocycles. The Hall–Kier alpha value is -1.38. The smallest absolute Gasteiger partial charge is 0.0243 e. The van der Waals surface area contributed by atoms with E-state index in [0.29, 0.717) is 0 Å². The average Bonchev–Trinajstić information content (AvgIpc) is 2.49. The Kier molecular flexibility index (Phi) is 5.57. The molecule has 20 heavy (non-hydrogen) atoms. The van der Waals surface area contributed by atoms with Crippen molar-refractivity contribution in [3.63, 3.8) is 0 Å². The van der Waals surface area contributed by atoms with Gasteiger partial charge < -0.3 is 5.32 Å². The van der Waals surface area contributed by atoms with E-state index >= 15 is 0 Å². The van der Waals surface area contributed by atoms with Crippen LogP contribution in [0.2, 0.25) is 0 Å². The summed E-state index contributed by atoms with van der Waals surface area (Å²) in [6, 6.07) is 10.7. The Bertz CT molecular complexity index is 416. The fraction of sp³-hybridized carbons (Fsp3) is 0.444. The van der Waals surface area contributed by atoms with Crippen molar-refractivity contribution in [2.24, 2.45) is 0 Å². The molecule has 0 aromatic heterocycles. The molecule has 2 heteroatoms. The van der Waals surface area contributed by atoms with Gasteiger partial charge in [0.15, 0.2) is 0 Å². The van der Waals surface area contributed by atoms with Crippen molar-refractivity contribution in [3.8, 4) is 0 Å². The molecule has 0 amide bonds. The molecule has 1 aromatic carbocycles. The maximum Gasteiger partial charge on any atom is 0.0243 e. The zero-order chi connectivity index (χ0) is 14.3. The molecule has 0 bridgehead atoms. The summed E-state index contributed by atoms with van der Waals surface area (Å²) in [5.74, 6) is 0. The van der Waals surface area contributed by atoms with Crippen LogP contribution in [0.3, 0.4) is 0 Å². The molecular formula is C18H26N2. The van der Waals surface area contributed by atoms with Gasteiger partial charge in [-0.1, -0.05) is 42.5 Å². The number of piperidine rings is 1. The molecule has 2 nitrogen and oxygen atoms in total. The van der Waals surface area contributed by atoms with E-state index in [1.165, 1.54) is 18.4 Å². The Balaban J connectivity index is 1.89. The van der Waals surface area contributed by atoms with Crippen molar-refractivity contribution in [3.05, 3.63) is 61.2 Å². The topological polar surface area (TPSA) is 15.3 Å². The minimum atomic E-state index is 0.225. The molecule has 0 radical (unpaired) electrons. The molecule has 1 fully saturated rings. The Labute approximate surface area is 123 Å². The maximum absolute atomic E-state index is 3.92. The van der Waals surface area contributed by atoms with Crippen molar-refractivity contribution < 1.29 is 0 Å². The number of hydrogen-bond donors (Lipinski definition) is 1. The van der Waals surface area contributed by atoms with Crippen molar-refractivity contribution in [1.82, 2.24) is 10.2 Å². The molecule has 1 aliphatic rings. The molecular weight excluding hydrogens is 244 g/mol. The van der Waals surface area contributed by atoms with Crippen LogP contribution in [0, 0.1) is 0 Å². The summed E-state index contributed by atoms with van der Waals surface area (Å²) < 4.78 is 0. The molecule has 1 N–H and O–H groups in total. The summed E-state index contributed by atoms with van der Waals surface area (Å²) in [5, 5.41) is 3.65. The van der Waals surface area contributed by atoms with Crippen LogP contribution in [-0.4, -0.2) is 30.1 Å². The van der Waals surface area contributed by atoms with E-state index < -0.39 is 0 Å². The van der Waals surface area contributed by atoms with E-state index in [-0.39, 0.29) is 5.54 Å². The van der Waals surface area contributed by atoms with Crippen LogP contribution in [-0.2, 0) is 6.54 Å². The quantitative estimate of drug-likeness (QED) is 0.764. The molecule has 0 saturated carbocycles. The number of nitrogens with one attached hydrogen (secondary N) is 1. The van der Waals surface area contributed by atoms with Gasteiger partial charge in [-0.2, -0.15) is 0 Å². The summed E-state index contributed by atoms with van der Waals surface area (Å²) in [6.07, 6.45) is 7.39. The number of rotatable bonds is 7. The average molecular weight is 270 g/mol. The standard InChI is InChI=1S/C18H26N2/c1-3-10-18(19-13-4-2)11-14-20(15-12-18)16-17-8-6-5-7-9-17/h3-9,19H,1-2,10-16H2. The van der Waals surface area contributed by atoms with Gasteiger partial charge in [0.1, 0.15) is 0 Å². The zero-order valence-corrected chi connectivity index (χ0v) is 12.4. The predicted molar refractivity (Wildman–Crippen MR) is 86.7 cm³/mol. The second-order valence-electron chi connectivity index (χ2n) is 5.70. The van der Waals surface area contributed by atoms with Crippen molar-refractivity contribution in [2.45, 2.75) is 31.3 Å². The lowest BCUT2D eigenvalue weighted by Gasteiger charge is -2.42. The van der Waals surface area contributed by atoms with E-state index in [9.17, 15) is 0 Å². The van der Waals surface area contributed by atoms with Crippen molar-refractivity contribution >= 4 is 0 Å². The Morgan fingerprint density at radius 3 is 2.40 bits per heavy atom. The van der Waals surface area contributed by atoms with Gasteiger partial charge in [0.25, 0.3) is 0 Å². The highest BCUT2D eigenvalue weighted by Gasteiger charge is 2.32. The monoisotopic (exact) mass is 270 g/mol. The van der Waals surface area contributed by atoms with Crippen LogP contribution in [0.1, 0.15) is 24.8 Å². The summed E-state index contributed by atoms with van der Waals surface area (Å²) in [7, 11) is 0. The fourth-order valence-corrected chi connectivity index (χ4v) is 3.00. The largest absolute Gasteiger partial charge is 0.307 e. The van der Waals surface area contributed by atoms with Crippen LogP contribution in [0.25, 0.3) is 0 Å². The first-order chi connectivity index (χ1) is 9.78. The summed E-state index contributed by atoms with van der Waals surface area (Å²) >= 11 is 0. The summed E-state index contributed by atoms with van der Waals surface area (Å²) in [4.78, 5) is 2.55. The summed E-state index contributed by atoms with van der Waals surface area (Å²) in [5.41, 5.74) is 1.63. The van der Waals surface area contributed by atoms with Gasteiger partial charge in [-0.25, -0.2) is 0 Å². The molecule has 108 valence electrons. The highest BCUT2D eigenvalue weighted by molar-refractivity contribution is 5.14. The minimum Gasteiger partial charge on any atom is -0.307 e. The molecule has 1 aromatic rings. The molecule has 1 aliphatic heterocycles. The van der Waals surface area contributed by atoms with Gasteiger partial charge in [0.2, 0.25) is 0 Å². The lowest BCUT2D eigenvalue weighted by atomic mass is 9.84. The molecule has 0 spiro atoms. The van der Waals surface area contributed by atoms with Crippen LogP contribution in [0.15, 0.2) is 55.6 Å². The zero-order valence-electron chi connectivity index (χ0n) is 12.4. The van der Waals surface area contributed by atoms with E-state index in [2.05, 4.69) is 53.7 Å². The SMILES string of the molecule is C=CCNC1(CC=C)CCN(Cc2ccccc2)CC1. The lowest BCUT2D eigenvalue weighted by Crippen LogP contribution is -2.53. The van der Waals surface area contributed by atoms with Crippen LogP contribution >= 0.6 is 0 Å². The van der Waals surface area contributed by atoms with E-state index in [1.54, 1.807) is 0 Å². The highest BCUT2D eigenvalue weighted by atomic mass is 15.2. The normalized spacial score (nSPS) is 18.6. The van der Waals surface area contributed by atoms with Crippen LogP contribution in [0.5, 0.6) is 0 Å². The van der Waals surface area contributed by atoms with Gasteiger partial charge in [-0.15, -0.1) is 13.2 Å². The maximum atomic E-state index is 3.92. The van der Waals surface area contributed by atoms with Gasteiger partial charge >= 0.3 is 0 Å². The number of benzene rings is 1. The first-order valence-electron chi connectivity index (χ1n) is 7.51. The van der Waals surface area contributed by atoms with Gasteiger partial charge in [0, 0.05) is 31.7 Å². The second-order valence-corrected chi connectivity index (χ2v) is 5.70. The predicted octanol–water partition coefficient (Wildman–Crippen LogP) is 3.37. The number of likely N-dealkylation sites (tertiary alicyclic amines) is 1. The van der Waals surface area contributed by atoms with Gasteiger partial charge in [0.05, 0.1) is 0 Å². The second kappa shape index (κ2) is 7.41. The van der Waals surface area contributed by atoms with E-state index in [0.717, 1.165) is 32.6 Å². The first-order valence-corrected chi connectivity index (χ1v) is 7.51. The minimum absolute atomic E-state index is 0.225. The third-order valence-corrected chi connectivity index (χ3v) is 4.22. The van der Waals surface area contributed by atoms with E-state index in [4.69, 9.17) is 0 Å². The molecule has 1 heterocycles. The van der Waals surface area contributed by atoms with Gasteiger partial charge in [-0.05, 0) is 24.8 Å². The molecule has 0 atom stereocenters. The van der Waals surface area contributed by atoms with Crippen LogP contribution in [0.4, 0.5) is 0 Å². The first kappa shape index (κ1) is 15.0. The Morgan fingerprint density at radius 1 is 1.10 bits per heavy atom. The van der Waals surface area contributed by atoms with Crippen LogP contribution < -0.4 is 5.32 Å². The molecule has 1 saturated heterocycles.